The normalized spacial score (nSPS) is 16.7. The van der Waals surface area contributed by atoms with Gasteiger partial charge >= 0.3 is 0 Å². The molecule has 1 fully saturated rings. The van der Waals surface area contributed by atoms with Crippen molar-refractivity contribution in [3.8, 4) is 6.07 Å². The maximum absolute atomic E-state index is 13.5. The van der Waals surface area contributed by atoms with E-state index in [4.69, 9.17) is 11.6 Å². The summed E-state index contributed by atoms with van der Waals surface area (Å²) in [6, 6.07) is 26.7. The molecule has 0 aliphatic carbocycles. The summed E-state index contributed by atoms with van der Waals surface area (Å²) < 4.78 is 0. The number of hydrogen-bond donors (Lipinski definition) is 1. The van der Waals surface area contributed by atoms with Gasteiger partial charge in [0.05, 0.1) is 5.25 Å². The van der Waals surface area contributed by atoms with Crippen molar-refractivity contribution in [2.75, 3.05) is 11.4 Å². The Labute approximate surface area is 214 Å². The lowest BCUT2D eigenvalue weighted by molar-refractivity contribution is -0.117. The number of aryl methyl sites for hydroxylation is 1. The van der Waals surface area contributed by atoms with E-state index in [1.807, 2.05) is 85.8 Å². The molecule has 1 aliphatic heterocycles. The molecule has 0 aromatic heterocycles. The van der Waals surface area contributed by atoms with Crippen LogP contribution in [-0.4, -0.2) is 23.6 Å². The van der Waals surface area contributed by atoms with Crippen LogP contribution in [0.4, 0.5) is 5.69 Å². The Hall–Kier alpha value is -3.53. The molecular formula is C28H24ClN3O2S. The lowest BCUT2D eigenvalue weighted by Crippen LogP contribution is -2.32. The minimum absolute atomic E-state index is 0.0643. The highest BCUT2D eigenvalue weighted by molar-refractivity contribution is 8.05. The van der Waals surface area contributed by atoms with E-state index < -0.39 is 11.2 Å². The third-order valence-electron chi connectivity index (χ3n) is 5.65. The summed E-state index contributed by atoms with van der Waals surface area (Å²) in [5.41, 5.74) is 3.62. The second-order valence-corrected chi connectivity index (χ2v) is 9.86. The van der Waals surface area contributed by atoms with Crippen LogP contribution in [0.25, 0.3) is 0 Å². The number of benzene rings is 3. The van der Waals surface area contributed by atoms with Crippen molar-refractivity contribution < 1.29 is 9.59 Å². The van der Waals surface area contributed by atoms with Crippen LogP contribution in [0.15, 0.2) is 89.5 Å². The zero-order chi connectivity index (χ0) is 24.8. The first-order chi connectivity index (χ1) is 17.0. The molecule has 0 bridgehead atoms. The van der Waals surface area contributed by atoms with Crippen molar-refractivity contribution in [2.24, 2.45) is 0 Å². The highest BCUT2D eigenvalue weighted by Gasteiger charge is 2.40. The first kappa shape index (κ1) is 24.6. The molecule has 1 saturated heterocycles. The largest absolute Gasteiger partial charge is 0.351 e. The van der Waals surface area contributed by atoms with Gasteiger partial charge in [-0.2, -0.15) is 5.26 Å². The number of amides is 2. The van der Waals surface area contributed by atoms with Crippen LogP contribution in [0.1, 0.15) is 16.7 Å². The first-order valence-corrected chi connectivity index (χ1v) is 12.5. The van der Waals surface area contributed by atoms with Gasteiger partial charge in [-0.05, 0) is 55.2 Å². The maximum atomic E-state index is 13.5. The number of thioether (sulfide) groups is 1. The minimum atomic E-state index is -0.487. The van der Waals surface area contributed by atoms with Gasteiger partial charge in [0.25, 0.3) is 5.91 Å². The minimum Gasteiger partial charge on any atom is -0.351 e. The predicted molar refractivity (Wildman–Crippen MR) is 141 cm³/mol. The fourth-order valence-corrected chi connectivity index (χ4v) is 5.37. The van der Waals surface area contributed by atoms with Crippen LogP contribution >= 0.6 is 23.4 Å². The Morgan fingerprint density at radius 2 is 1.77 bits per heavy atom. The van der Waals surface area contributed by atoms with Crippen molar-refractivity contribution in [1.82, 2.24) is 5.32 Å². The first-order valence-electron chi connectivity index (χ1n) is 11.2. The standard InChI is InChI=1S/C28H24ClN3O2S/c1-19-10-12-23(13-11-19)32-27(34)25(17-21-8-5-9-22(29)16-21)35-28(32)24(18-30)26(33)31-15-14-20-6-3-2-4-7-20/h2-13,16,25H,14-15,17H2,1H3,(H,31,33)/b28-24-. The second-order valence-electron chi connectivity index (χ2n) is 8.23. The fraction of sp³-hybridized carbons (Fsp3) is 0.179. The van der Waals surface area contributed by atoms with Gasteiger partial charge in [-0.15, -0.1) is 0 Å². The lowest BCUT2D eigenvalue weighted by Gasteiger charge is -2.19. The molecular weight excluding hydrogens is 478 g/mol. The average molecular weight is 502 g/mol. The summed E-state index contributed by atoms with van der Waals surface area (Å²) in [4.78, 5) is 28.1. The van der Waals surface area contributed by atoms with E-state index >= 15 is 0 Å². The van der Waals surface area contributed by atoms with Gasteiger partial charge in [0.15, 0.2) is 0 Å². The van der Waals surface area contributed by atoms with E-state index in [0.29, 0.717) is 35.1 Å². The molecule has 1 N–H and O–H groups in total. The van der Waals surface area contributed by atoms with Crippen molar-refractivity contribution in [3.63, 3.8) is 0 Å². The zero-order valence-corrected chi connectivity index (χ0v) is 20.8. The summed E-state index contributed by atoms with van der Waals surface area (Å²) in [5, 5.41) is 13.3. The van der Waals surface area contributed by atoms with Crippen LogP contribution in [0.2, 0.25) is 5.02 Å². The molecule has 2 amide bonds. The number of anilines is 1. The SMILES string of the molecule is Cc1ccc(N2C(=O)C(Cc3cccc(Cl)c3)S/C2=C(/C#N)C(=O)NCCc2ccccc2)cc1. The van der Waals surface area contributed by atoms with Crippen LogP contribution in [0, 0.1) is 18.3 Å². The summed E-state index contributed by atoms with van der Waals surface area (Å²) in [6.07, 6.45) is 1.08. The van der Waals surface area contributed by atoms with Gasteiger partial charge in [-0.3, -0.25) is 14.5 Å². The van der Waals surface area contributed by atoms with Crippen LogP contribution in [0.3, 0.4) is 0 Å². The molecule has 3 aromatic carbocycles. The number of hydrogen-bond acceptors (Lipinski definition) is 4. The monoisotopic (exact) mass is 501 g/mol. The fourth-order valence-electron chi connectivity index (χ4n) is 3.85. The number of nitriles is 1. The number of rotatable bonds is 7. The highest BCUT2D eigenvalue weighted by atomic mass is 35.5. The van der Waals surface area contributed by atoms with Crippen molar-refractivity contribution in [1.29, 1.82) is 5.26 Å². The Kier molecular flexibility index (Phi) is 7.91. The zero-order valence-electron chi connectivity index (χ0n) is 19.2. The molecule has 4 rings (SSSR count). The number of nitrogens with zero attached hydrogens (tertiary/aromatic N) is 2. The topological polar surface area (TPSA) is 73.2 Å². The van der Waals surface area contributed by atoms with Gasteiger partial charge in [-0.25, -0.2) is 0 Å². The van der Waals surface area contributed by atoms with Gasteiger partial charge in [-0.1, -0.05) is 83.5 Å². The van der Waals surface area contributed by atoms with E-state index in [1.54, 1.807) is 6.07 Å². The molecule has 0 saturated carbocycles. The molecule has 3 aromatic rings. The van der Waals surface area contributed by atoms with E-state index in [9.17, 15) is 14.9 Å². The Morgan fingerprint density at radius 3 is 2.46 bits per heavy atom. The molecule has 1 aliphatic rings. The Morgan fingerprint density at radius 1 is 1.06 bits per heavy atom. The molecule has 5 nitrogen and oxygen atoms in total. The van der Waals surface area contributed by atoms with E-state index in [0.717, 1.165) is 16.7 Å². The summed E-state index contributed by atoms with van der Waals surface area (Å²) in [6.45, 7) is 2.35. The molecule has 1 atom stereocenters. The Bertz CT molecular complexity index is 1300. The summed E-state index contributed by atoms with van der Waals surface area (Å²) in [7, 11) is 0. The lowest BCUT2D eigenvalue weighted by atomic mass is 10.1. The maximum Gasteiger partial charge on any atom is 0.264 e. The van der Waals surface area contributed by atoms with Crippen molar-refractivity contribution >= 4 is 40.9 Å². The van der Waals surface area contributed by atoms with Gasteiger partial charge in [0.1, 0.15) is 16.7 Å². The van der Waals surface area contributed by atoms with E-state index in [1.165, 1.54) is 16.7 Å². The molecule has 1 heterocycles. The molecule has 35 heavy (non-hydrogen) atoms. The Balaban J connectivity index is 1.62. The number of carbonyl (C=O) groups is 2. The van der Waals surface area contributed by atoms with Crippen molar-refractivity contribution in [3.05, 3.63) is 111 Å². The van der Waals surface area contributed by atoms with Gasteiger partial charge < -0.3 is 5.32 Å². The third-order valence-corrected chi connectivity index (χ3v) is 7.15. The molecule has 0 radical (unpaired) electrons. The van der Waals surface area contributed by atoms with Gasteiger partial charge in [0.2, 0.25) is 5.91 Å². The average Bonchev–Trinajstić information content (AvgIpc) is 3.16. The number of halogens is 1. The second kappa shape index (κ2) is 11.3. The van der Waals surface area contributed by atoms with Crippen LogP contribution < -0.4 is 10.2 Å². The van der Waals surface area contributed by atoms with E-state index in [-0.39, 0.29) is 11.5 Å². The quantitative estimate of drug-likeness (QED) is 0.346. The highest BCUT2D eigenvalue weighted by Crippen LogP contribution is 2.42. The summed E-state index contributed by atoms with van der Waals surface area (Å²) >= 11 is 7.38. The summed E-state index contributed by atoms with van der Waals surface area (Å²) in [5.74, 6) is -0.655. The van der Waals surface area contributed by atoms with E-state index in [2.05, 4.69) is 5.32 Å². The third kappa shape index (κ3) is 5.94. The molecule has 176 valence electrons. The van der Waals surface area contributed by atoms with Crippen LogP contribution in [0.5, 0.6) is 0 Å². The number of nitrogens with one attached hydrogen (secondary N) is 1. The smallest absolute Gasteiger partial charge is 0.264 e. The van der Waals surface area contributed by atoms with Crippen LogP contribution in [-0.2, 0) is 22.4 Å². The van der Waals surface area contributed by atoms with Crippen molar-refractivity contribution in [2.45, 2.75) is 25.0 Å². The predicted octanol–water partition coefficient (Wildman–Crippen LogP) is 5.43. The molecule has 7 heteroatoms. The number of carbonyl (C=O) groups excluding carboxylic acids is 2. The molecule has 0 spiro atoms. The molecule has 1 unspecified atom stereocenters. The van der Waals surface area contributed by atoms with Gasteiger partial charge in [0, 0.05) is 17.3 Å².